The third kappa shape index (κ3) is 5.65. The van der Waals surface area contributed by atoms with E-state index in [4.69, 9.17) is 39.5 Å². The number of carbonyl (C=O) groups is 1. The topological polar surface area (TPSA) is 35.5 Å². The Morgan fingerprint density at radius 2 is 1.63 bits per heavy atom. The summed E-state index contributed by atoms with van der Waals surface area (Å²) in [5.41, 5.74) is 1.54. The summed E-state index contributed by atoms with van der Waals surface area (Å²) in [5, 5.41) is 1.16. The zero-order chi connectivity index (χ0) is 21.9. The molecule has 0 N–H and O–H groups in total. The summed E-state index contributed by atoms with van der Waals surface area (Å²) in [6.07, 6.45) is -0.947. The number of halogens is 6. The molecule has 2 unspecified atom stereocenters. The first kappa shape index (κ1) is 22.8. The van der Waals surface area contributed by atoms with Crippen LogP contribution >= 0.6 is 34.8 Å². The van der Waals surface area contributed by atoms with Gasteiger partial charge < -0.3 is 9.53 Å². The van der Waals surface area contributed by atoms with Gasteiger partial charge in [0.1, 0.15) is 6.29 Å². The molecular formula is C21H14Cl3F3O3. The van der Waals surface area contributed by atoms with E-state index in [2.05, 4.69) is 4.74 Å². The summed E-state index contributed by atoms with van der Waals surface area (Å²) in [7, 11) is 0. The van der Waals surface area contributed by atoms with Crippen molar-refractivity contribution in [2.75, 3.05) is 0 Å². The van der Waals surface area contributed by atoms with Crippen molar-refractivity contribution in [1.82, 2.24) is 0 Å². The van der Waals surface area contributed by atoms with Crippen LogP contribution in [0.5, 0.6) is 0 Å². The molecule has 0 bridgehead atoms. The van der Waals surface area contributed by atoms with E-state index in [1.165, 1.54) is 18.2 Å². The molecule has 158 valence electrons. The largest absolute Gasteiger partial charge is 0.525 e. The Bertz CT molecular complexity index is 967. The summed E-state index contributed by atoms with van der Waals surface area (Å²) in [5.74, 6) is -3.75. The maximum absolute atomic E-state index is 13.2. The lowest BCUT2D eigenvalue weighted by atomic mass is 9.88. The highest BCUT2D eigenvalue weighted by atomic mass is 35.5. The summed E-state index contributed by atoms with van der Waals surface area (Å²) in [6.45, 7) is -0.242. The van der Waals surface area contributed by atoms with Crippen LogP contribution in [-0.2, 0) is 20.9 Å². The Balaban J connectivity index is 1.94. The van der Waals surface area contributed by atoms with Gasteiger partial charge >= 0.3 is 6.36 Å². The lowest BCUT2D eigenvalue weighted by molar-refractivity contribution is -0.410. The number of hydrogen-bond donors (Lipinski definition) is 0. The zero-order valence-electron chi connectivity index (χ0n) is 15.1. The van der Waals surface area contributed by atoms with E-state index in [0.29, 0.717) is 38.1 Å². The van der Waals surface area contributed by atoms with Crippen LogP contribution in [0.4, 0.5) is 13.2 Å². The van der Waals surface area contributed by atoms with Gasteiger partial charge in [-0.05, 0) is 53.1 Å². The normalized spacial score (nSPS) is 21.4. The molecule has 0 aliphatic heterocycles. The van der Waals surface area contributed by atoms with Crippen LogP contribution in [0.15, 0.2) is 60.7 Å². The maximum atomic E-state index is 13.2. The van der Waals surface area contributed by atoms with Crippen LogP contribution in [0.1, 0.15) is 11.1 Å². The van der Waals surface area contributed by atoms with Crippen molar-refractivity contribution < 1.29 is 27.4 Å². The Morgan fingerprint density at radius 1 is 1.00 bits per heavy atom. The zero-order valence-corrected chi connectivity index (χ0v) is 17.4. The SMILES string of the molecule is O=CC1C=C(c2cc(Cl)cc(Cl)c2)C=CC1(OCc1ccc(Cl)cc1)OC(F)(F)F. The van der Waals surface area contributed by atoms with Gasteiger partial charge in [0.15, 0.2) is 0 Å². The molecule has 0 spiro atoms. The number of allylic oxidation sites excluding steroid dienone is 2. The minimum atomic E-state index is -5.05. The Kier molecular flexibility index (Phi) is 6.95. The van der Waals surface area contributed by atoms with Crippen LogP contribution in [-0.4, -0.2) is 18.4 Å². The molecule has 1 aliphatic carbocycles. The van der Waals surface area contributed by atoms with E-state index >= 15 is 0 Å². The Hall–Kier alpha value is -1.83. The Morgan fingerprint density at radius 3 is 2.20 bits per heavy atom. The highest BCUT2D eigenvalue weighted by molar-refractivity contribution is 6.35. The maximum Gasteiger partial charge on any atom is 0.525 e. The number of ether oxygens (including phenoxy) is 2. The molecule has 9 heteroatoms. The number of carbonyl (C=O) groups excluding carboxylic acids is 1. The fourth-order valence-corrected chi connectivity index (χ4v) is 3.61. The minimum Gasteiger partial charge on any atom is -0.340 e. The van der Waals surface area contributed by atoms with Crippen LogP contribution in [0.3, 0.4) is 0 Å². The smallest absolute Gasteiger partial charge is 0.340 e. The highest BCUT2D eigenvalue weighted by Crippen LogP contribution is 2.40. The molecular weight excluding hydrogens is 464 g/mol. The van der Waals surface area contributed by atoms with Gasteiger partial charge in [0.2, 0.25) is 5.79 Å². The molecule has 0 amide bonds. The van der Waals surface area contributed by atoms with Crippen molar-refractivity contribution in [3.63, 3.8) is 0 Å². The van der Waals surface area contributed by atoms with Crippen LogP contribution in [0, 0.1) is 5.92 Å². The minimum absolute atomic E-state index is 0.242. The average molecular weight is 478 g/mol. The van der Waals surface area contributed by atoms with E-state index in [1.807, 2.05) is 0 Å². The first-order valence-electron chi connectivity index (χ1n) is 8.58. The van der Waals surface area contributed by atoms with Crippen LogP contribution in [0.2, 0.25) is 15.1 Å². The van der Waals surface area contributed by atoms with Gasteiger partial charge in [-0.15, -0.1) is 13.2 Å². The van der Waals surface area contributed by atoms with Crippen LogP contribution in [0.25, 0.3) is 5.57 Å². The van der Waals surface area contributed by atoms with Crippen molar-refractivity contribution in [2.45, 2.75) is 18.8 Å². The first-order chi connectivity index (χ1) is 14.1. The number of alkyl halides is 3. The predicted octanol–water partition coefficient (Wildman–Crippen LogP) is 6.86. The summed E-state index contributed by atoms with van der Waals surface area (Å²) in [6, 6.07) is 11.0. The second kappa shape index (κ2) is 9.12. The number of hydrogen-bond acceptors (Lipinski definition) is 3. The molecule has 0 saturated carbocycles. The van der Waals surface area contributed by atoms with Crippen molar-refractivity contribution in [3.8, 4) is 0 Å². The van der Waals surface area contributed by atoms with Gasteiger partial charge in [-0.2, -0.15) is 0 Å². The molecule has 0 fully saturated rings. The van der Waals surface area contributed by atoms with E-state index < -0.39 is 18.1 Å². The second-order valence-electron chi connectivity index (χ2n) is 6.46. The number of aldehydes is 1. The molecule has 0 heterocycles. The molecule has 2 aromatic rings. The number of rotatable bonds is 6. The van der Waals surface area contributed by atoms with Gasteiger partial charge in [0.05, 0.1) is 12.5 Å². The van der Waals surface area contributed by atoms with E-state index in [-0.39, 0.29) is 6.61 Å². The molecule has 0 aromatic heterocycles. The summed E-state index contributed by atoms with van der Waals surface area (Å²) < 4.78 is 49.3. The van der Waals surface area contributed by atoms with Crippen molar-refractivity contribution in [3.05, 3.63) is 86.9 Å². The molecule has 3 nitrogen and oxygen atoms in total. The van der Waals surface area contributed by atoms with E-state index in [1.54, 1.807) is 36.4 Å². The van der Waals surface area contributed by atoms with Crippen LogP contribution < -0.4 is 0 Å². The fraction of sp³-hybridized carbons (Fsp3) is 0.190. The summed E-state index contributed by atoms with van der Waals surface area (Å²) in [4.78, 5) is 11.8. The average Bonchev–Trinajstić information content (AvgIpc) is 2.66. The highest BCUT2D eigenvalue weighted by Gasteiger charge is 2.49. The molecule has 2 atom stereocenters. The van der Waals surface area contributed by atoms with Gasteiger partial charge in [-0.25, -0.2) is 0 Å². The lowest BCUT2D eigenvalue weighted by Crippen LogP contribution is -2.46. The fourth-order valence-electron chi connectivity index (χ4n) is 2.96. The molecule has 0 radical (unpaired) electrons. The quantitative estimate of drug-likeness (QED) is 0.337. The molecule has 30 heavy (non-hydrogen) atoms. The molecule has 2 aromatic carbocycles. The van der Waals surface area contributed by atoms with Gasteiger partial charge in [0.25, 0.3) is 0 Å². The van der Waals surface area contributed by atoms with E-state index in [0.717, 1.165) is 6.08 Å². The number of benzene rings is 2. The second-order valence-corrected chi connectivity index (χ2v) is 7.77. The van der Waals surface area contributed by atoms with Crippen molar-refractivity contribution >= 4 is 46.7 Å². The Labute approximate surface area is 185 Å². The van der Waals surface area contributed by atoms with Crippen molar-refractivity contribution in [1.29, 1.82) is 0 Å². The third-order valence-corrected chi connectivity index (χ3v) is 5.00. The standard InChI is InChI=1S/C21H14Cl3F3O3/c22-17-3-1-13(2-4-17)12-29-20(30-21(25,26)27)6-5-14(7-16(20)11-28)15-8-18(23)10-19(24)9-15/h1-11,16H,12H2. The van der Waals surface area contributed by atoms with Gasteiger partial charge in [-0.3, -0.25) is 4.74 Å². The lowest BCUT2D eigenvalue weighted by Gasteiger charge is -2.37. The van der Waals surface area contributed by atoms with E-state index in [9.17, 15) is 18.0 Å². The van der Waals surface area contributed by atoms with Gasteiger partial charge in [-0.1, -0.05) is 59.1 Å². The summed E-state index contributed by atoms with van der Waals surface area (Å²) >= 11 is 17.8. The van der Waals surface area contributed by atoms with Gasteiger partial charge in [0, 0.05) is 15.1 Å². The predicted molar refractivity (Wildman–Crippen MR) is 109 cm³/mol. The molecule has 1 aliphatic rings. The molecule has 3 rings (SSSR count). The third-order valence-electron chi connectivity index (χ3n) is 4.31. The monoisotopic (exact) mass is 476 g/mol. The van der Waals surface area contributed by atoms with Crippen molar-refractivity contribution in [2.24, 2.45) is 5.92 Å². The first-order valence-corrected chi connectivity index (χ1v) is 9.72. The molecule has 0 saturated heterocycles.